The molecule has 0 atom stereocenters. The fraction of sp³-hybridized carbons (Fsp3) is 0.846. The van der Waals surface area contributed by atoms with Gasteiger partial charge in [-0.25, -0.2) is 4.79 Å². The Morgan fingerprint density at radius 2 is 1.84 bits per heavy atom. The Morgan fingerprint density at radius 1 is 1.26 bits per heavy atom. The third-order valence-corrected chi connectivity index (χ3v) is 3.56. The predicted octanol–water partition coefficient (Wildman–Crippen LogP) is 0.929. The van der Waals surface area contributed by atoms with E-state index >= 15 is 0 Å². The Labute approximate surface area is 115 Å². The second kappa shape index (κ2) is 7.33. The number of nitrogens with zero attached hydrogens (tertiary/aromatic N) is 3. The van der Waals surface area contributed by atoms with Crippen LogP contribution in [0.15, 0.2) is 0 Å². The van der Waals surface area contributed by atoms with Crippen LogP contribution < -0.4 is 0 Å². The summed E-state index contributed by atoms with van der Waals surface area (Å²) in [5.74, 6) is -0.954. The lowest BCUT2D eigenvalue weighted by Crippen LogP contribution is -2.50. The molecule has 0 spiro atoms. The minimum atomic E-state index is -0.954. The van der Waals surface area contributed by atoms with Gasteiger partial charge in [-0.05, 0) is 33.4 Å². The molecule has 1 heterocycles. The number of aliphatic carboxylic acids is 1. The summed E-state index contributed by atoms with van der Waals surface area (Å²) in [5, 5.41) is 8.85. The molecule has 110 valence electrons. The van der Waals surface area contributed by atoms with Gasteiger partial charge in [0.15, 0.2) is 0 Å². The van der Waals surface area contributed by atoms with Gasteiger partial charge >= 0.3 is 12.0 Å². The smallest absolute Gasteiger partial charge is 0.323 e. The van der Waals surface area contributed by atoms with Gasteiger partial charge in [0.2, 0.25) is 0 Å². The van der Waals surface area contributed by atoms with Crippen molar-refractivity contribution in [2.45, 2.75) is 32.2 Å². The average Bonchev–Trinajstić information content (AvgIpc) is 2.37. The predicted molar refractivity (Wildman–Crippen MR) is 73.2 cm³/mol. The van der Waals surface area contributed by atoms with Crippen molar-refractivity contribution in [1.82, 2.24) is 14.7 Å². The van der Waals surface area contributed by atoms with Crippen molar-refractivity contribution in [1.29, 1.82) is 0 Å². The summed E-state index contributed by atoms with van der Waals surface area (Å²) in [6, 6.07) is 0.379. The van der Waals surface area contributed by atoms with E-state index in [9.17, 15) is 9.59 Å². The third-order valence-electron chi connectivity index (χ3n) is 3.56. The van der Waals surface area contributed by atoms with Gasteiger partial charge in [0, 0.05) is 25.7 Å². The Morgan fingerprint density at radius 3 is 2.26 bits per heavy atom. The number of carbonyl (C=O) groups is 2. The van der Waals surface area contributed by atoms with Gasteiger partial charge in [-0.1, -0.05) is 6.92 Å². The molecule has 1 N–H and O–H groups in total. The summed E-state index contributed by atoms with van der Waals surface area (Å²) in [5.41, 5.74) is 0. The number of rotatable bonds is 5. The van der Waals surface area contributed by atoms with Crippen LogP contribution in [0.5, 0.6) is 0 Å². The molecule has 0 aromatic heterocycles. The maximum atomic E-state index is 12.3. The molecule has 19 heavy (non-hydrogen) atoms. The Hall–Kier alpha value is -1.30. The molecule has 0 saturated carbocycles. The van der Waals surface area contributed by atoms with Crippen LogP contribution in [0.1, 0.15) is 26.2 Å². The van der Waals surface area contributed by atoms with Crippen LogP contribution in [0.25, 0.3) is 0 Å². The number of hydrogen-bond donors (Lipinski definition) is 1. The molecule has 0 unspecified atom stereocenters. The second-order valence-corrected chi connectivity index (χ2v) is 5.28. The summed E-state index contributed by atoms with van der Waals surface area (Å²) in [6.07, 6.45) is 2.67. The maximum absolute atomic E-state index is 12.3. The molecular formula is C13H25N3O3. The zero-order valence-corrected chi connectivity index (χ0v) is 12.1. The van der Waals surface area contributed by atoms with E-state index in [0.717, 1.165) is 19.3 Å². The van der Waals surface area contributed by atoms with E-state index in [0.29, 0.717) is 25.7 Å². The van der Waals surface area contributed by atoms with Gasteiger partial charge in [0.1, 0.15) is 6.54 Å². The first-order valence-corrected chi connectivity index (χ1v) is 6.87. The zero-order valence-electron chi connectivity index (χ0n) is 12.1. The summed E-state index contributed by atoms with van der Waals surface area (Å²) < 4.78 is 0. The summed E-state index contributed by atoms with van der Waals surface area (Å²) >= 11 is 0. The van der Waals surface area contributed by atoms with Gasteiger partial charge in [-0.2, -0.15) is 0 Å². The minimum Gasteiger partial charge on any atom is -0.480 e. The lowest BCUT2D eigenvalue weighted by Gasteiger charge is -2.37. The fourth-order valence-corrected chi connectivity index (χ4v) is 2.45. The van der Waals surface area contributed by atoms with Crippen molar-refractivity contribution < 1.29 is 14.7 Å². The molecule has 1 saturated heterocycles. The number of carboxylic acid groups (broad SMARTS) is 1. The van der Waals surface area contributed by atoms with E-state index in [2.05, 4.69) is 19.0 Å². The Bertz CT molecular complexity index is 312. The van der Waals surface area contributed by atoms with Crippen molar-refractivity contribution in [3.8, 4) is 0 Å². The van der Waals surface area contributed by atoms with E-state index in [4.69, 9.17) is 5.11 Å². The van der Waals surface area contributed by atoms with Gasteiger partial charge in [-0.15, -0.1) is 0 Å². The van der Waals surface area contributed by atoms with Crippen molar-refractivity contribution in [3.63, 3.8) is 0 Å². The van der Waals surface area contributed by atoms with E-state index in [-0.39, 0.29) is 12.6 Å². The van der Waals surface area contributed by atoms with Gasteiger partial charge in [0.25, 0.3) is 0 Å². The van der Waals surface area contributed by atoms with Crippen LogP contribution in [-0.4, -0.2) is 78.1 Å². The largest absolute Gasteiger partial charge is 0.480 e. The summed E-state index contributed by atoms with van der Waals surface area (Å²) in [7, 11) is 4.10. The van der Waals surface area contributed by atoms with E-state index in [1.807, 2.05) is 6.92 Å². The first-order valence-electron chi connectivity index (χ1n) is 6.87. The highest BCUT2D eigenvalue weighted by Gasteiger charge is 2.27. The second-order valence-electron chi connectivity index (χ2n) is 5.28. The van der Waals surface area contributed by atoms with Crippen LogP contribution in [0.2, 0.25) is 0 Å². The van der Waals surface area contributed by atoms with E-state index in [1.165, 1.54) is 4.90 Å². The number of carbonyl (C=O) groups excluding carboxylic acids is 1. The molecule has 0 aromatic carbocycles. The molecule has 6 heteroatoms. The molecule has 1 aliphatic heterocycles. The highest BCUT2D eigenvalue weighted by Crippen LogP contribution is 2.15. The summed E-state index contributed by atoms with van der Waals surface area (Å²) in [4.78, 5) is 28.5. The number of carboxylic acids is 1. The first-order chi connectivity index (χ1) is 8.95. The molecule has 1 fully saturated rings. The minimum absolute atomic E-state index is 0.138. The molecule has 6 nitrogen and oxygen atoms in total. The highest BCUT2D eigenvalue weighted by atomic mass is 16.4. The lowest BCUT2D eigenvalue weighted by atomic mass is 10.0. The Balaban J connectivity index is 2.54. The molecule has 0 bridgehead atoms. The number of piperidine rings is 1. The number of amides is 2. The van der Waals surface area contributed by atoms with E-state index in [1.54, 1.807) is 4.90 Å². The van der Waals surface area contributed by atoms with Crippen LogP contribution >= 0.6 is 0 Å². The fourth-order valence-electron chi connectivity index (χ4n) is 2.45. The SMILES string of the molecule is CCCN(CC(=O)O)C(=O)N1CCC(N(C)C)CC1. The number of likely N-dealkylation sites (tertiary alicyclic amines) is 1. The topological polar surface area (TPSA) is 64.1 Å². The maximum Gasteiger partial charge on any atom is 0.323 e. The van der Waals surface area contributed by atoms with Gasteiger partial charge in [-0.3, -0.25) is 4.79 Å². The van der Waals surface area contributed by atoms with Crippen molar-refractivity contribution in [2.75, 3.05) is 40.3 Å². The molecule has 0 radical (unpaired) electrons. The lowest BCUT2D eigenvalue weighted by molar-refractivity contribution is -0.137. The molecule has 2 amide bonds. The average molecular weight is 271 g/mol. The van der Waals surface area contributed by atoms with Crippen LogP contribution in [0.3, 0.4) is 0 Å². The highest BCUT2D eigenvalue weighted by molar-refractivity contribution is 5.80. The molecule has 1 rings (SSSR count). The Kier molecular flexibility index (Phi) is 6.08. The number of hydrogen-bond acceptors (Lipinski definition) is 3. The van der Waals surface area contributed by atoms with Crippen LogP contribution in [-0.2, 0) is 4.79 Å². The molecule has 0 aromatic rings. The molecular weight excluding hydrogens is 246 g/mol. The first kappa shape index (κ1) is 15.8. The summed E-state index contributed by atoms with van der Waals surface area (Å²) in [6.45, 7) is 3.66. The van der Waals surface area contributed by atoms with Crippen molar-refractivity contribution in [3.05, 3.63) is 0 Å². The van der Waals surface area contributed by atoms with Crippen molar-refractivity contribution in [2.24, 2.45) is 0 Å². The third kappa shape index (κ3) is 4.70. The van der Waals surface area contributed by atoms with E-state index < -0.39 is 5.97 Å². The van der Waals surface area contributed by atoms with Crippen molar-refractivity contribution >= 4 is 12.0 Å². The molecule has 1 aliphatic rings. The normalized spacial score (nSPS) is 16.7. The zero-order chi connectivity index (χ0) is 14.4. The standard InChI is InChI=1S/C13H25N3O3/c1-4-7-16(10-12(17)18)13(19)15-8-5-11(6-9-15)14(2)3/h11H,4-10H2,1-3H3,(H,17,18). The monoisotopic (exact) mass is 271 g/mol. The van der Waals surface area contributed by atoms with Gasteiger partial charge in [0.05, 0.1) is 0 Å². The molecule has 0 aliphatic carbocycles. The van der Waals surface area contributed by atoms with Crippen LogP contribution in [0.4, 0.5) is 4.79 Å². The van der Waals surface area contributed by atoms with Gasteiger partial charge < -0.3 is 19.8 Å². The quantitative estimate of drug-likeness (QED) is 0.808. The number of urea groups is 1. The van der Waals surface area contributed by atoms with Crippen LogP contribution in [0, 0.1) is 0 Å².